The highest BCUT2D eigenvalue weighted by molar-refractivity contribution is 5.13. The van der Waals surface area contributed by atoms with E-state index in [1.54, 1.807) is 0 Å². The summed E-state index contributed by atoms with van der Waals surface area (Å²) < 4.78 is 5.41. The summed E-state index contributed by atoms with van der Waals surface area (Å²) in [6.45, 7) is 2.72. The van der Waals surface area contributed by atoms with Crippen molar-refractivity contribution in [3.05, 3.63) is 35.9 Å². The van der Waals surface area contributed by atoms with Crippen LogP contribution in [0.25, 0.3) is 0 Å². The van der Waals surface area contributed by atoms with Crippen LogP contribution >= 0.6 is 0 Å². The molecule has 0 fully saturated rings. The number of unbranched alkanes of at least 4 members (excludes halogenated alkanes) is 5. The Hall–Kier alpha value is -0.860. The first-order valence-corrected chi connectivity index (χ1v) is 7.16. The van der Waals surface area contributed by atoms with Gasteiger partial charge < -0.3 is 9.84 Å². The SMILES string of the molecule is CCCCCCCCC(O)OCc1ccccc1. The predicted octanol–water partition coefficient (Wildman–Crippen LogP) is 4.27. The first-order valence-electron chi connectivity index (χ1n) is 7.16. The van der Waals surface area contributed by atoms with Crippen LogP contribution in [0.5, 0.6) is 0 Å². The summed E-state index contributed by atoms with van der Waals surface area (Å²) in [4.78, 5) is 0. The molecular formula is C16H26O2. The molecule has 0 saturated heterocycles. The first-order chi connectivity index (χ1) is 8.83. The number of hydrogen-bond acceptors (Lipinski definition) is 2. The van der Waals surface area contributed by atoms with Crippen LogP contribution in [-0.4, -0.2) is 11.4 Å². The van der Waals surface area contributed by atoms with E-state index in [0.717, 1.165) is 18.4 Å². The zero-order chi connectivity index (χ0) is 13.1. The second-order valence-electron chi connectivity index (χ2n) is 4.81. The Morgan fingerprint density at radius 1 is 1.00 bits per heavy atom. The molecule has 1 aromatic carbocycles. The molecule has 0 bridgehead atoms. The third kappa shape index (κ3) is 7.46. The number of aliphatic hydroxyl groups is 1. The Bertz CT molecular complexity index is 284. The normalized spacial score (nSPS) is 12.6. The van der Waals surface area contributed by atoms with Crippen LogP contribution in [0.1, 0.15) is 57.4 Å². The Kier molecular flexibility index (Phi) is 8.53. The number of benzene rings is 1. The van der Waals surface area contributed by atoms with Gasteiger partial charge in [0.15, 0.2) is 6.29 Å². The van der Waals surface area contributed by atoms with Gasteiger partial charge >= 0.3 is 0 Å². The van der Waals surface area contributed by atoms with Gasteiger partial charge in [0.05, 0.1) is 6.61 Å². The molecule has 0 aromatic heterocycles. The average molecular weight is 250 g/mol. The largest absolute Gasteiger partial charge is 0.368 e. The minimum absolute atomic E-state index is 0.498. The molecule has 0 aliphatic carbocycles. The van der Waals surface area contributed by atoms with Gasteiger partial charge in [-0.25, -0.2) is 0 Å². The molecule has 102 valence electrons. The lowest BCUT2D eigenvalue weighted by atomic mass is 10.1. The maximum absolute atomic E-state index is 9.69. The number of hydrogen-bond donors (Lipinski definition) is 1. The summed E-state index contributed by atoms with van der Waals surface area (Å²) in [5, 5.41) is 9.69. The van der Waals surface area contributed by atoms with E-state index in [2.05, 4.69) is 6.92 Å². The Balaban J connectivity index is 1.99. The van der Waals surface area contributed by atoms with Crippen LogP contribution < -0.4 is 0 Å². The predicted molar refractivity (Wildman–Crippen MR) is 75.2 cm³/mol. The fourth-order valence-electron chi connectivity index (χ4n) is 1.95. The van der Waals surface area contributed by atoms with Crippen molar-refractivity contribution in [1.82, 2.24) is 0 Å². The molecule has 0 radical (unpaired) electrons. The van der Waals surface area contributed by atoms with Crippen LogP contribution in [0.2, 0.25) is 0 Å². The van der Waals surface area contributed by atoms with Gasteiger partial charge in [-0.05, 0) is 18.4 Å². The van der Waals surface area contributed by atoms with Gasteiger partial charge in [0, 0.05) is 0 Å². The molecule has 2 heteroatoms. The van der Waals surface area contributed by atoms with Crippen molar-refractivity contribution in [2.45, 2.75) is 64.8 Å². The van der Waals surface area contributed by atoms with E-state index in [9.17, 15) is 5.11 Å². The number of ether oxygens (including phenoxy) is 1. The Morgan fingerprint density at radius 3 is 2.39 bits per heavy atom. The molecule has 1 aromatic rings. The van der Waals surface area contributed by atoms with Gasteiger partial charge in [-0.3, -0.25) is 0 Å². The van der Waals surface area contributed by atoms with Crippen LogP contribution in [0.3, 0.4) is 0 Å². The van der Waals surface area contributed by atoms with Crippen LogP contribution in [0.4, 0.5) is 0 Å². The second-order valence-corrected chi connectivity index (χ2v) is 4.81. The average Bonchev–Trinajstić information content (AvgIpc) is 2.41. The maximum atomic E-state index is 9.69. The van der Waals surface area contributed by atoms with Crippen molar-refractivity contribution >= 4 is 0 Å². The molecule has 0 amide bonds. The minimum atomic E-state index is -0.614. The van der Waals surface area contributed by atoms with Gasteiger partial charge in [-0.2, -0.15) is 0 Å². The molecule has 0 spiro atoms. The third-order valence-electron chi connectivity index (χ3n) is 3.09. The van der Waals surface area contributed by atoms with E-state index in [0.29, 0.717) is 6.61 Å². The zero-order valence-electron chi connectivity index (χ0n) is 11.5. The van der Waals surface area contributed by atoms with Crippen LogP contribution in [0.15, 0.2) is 30.3 Å². The lowest BCUT2D eigenvalue weighted by Crippen LogP contribution is -2.11. The van der Waals surface area contributed by atoms with Crippen LogP contribution in [0, 0.1) is 0 Å². The summed E-state index contributed by atoms with van der Waals surface area (Å²) in [6, 6.07) is 9.97. The minimum Gasteiger partial charge on any atom is -0.368 e. The first kappa shape index (κ1) is 15.2. The number of rotatable bonds is 10. The fraction of sp³-hybridized carbons (Fsp3) is 0.625. The molecular weight excluding hydrogens is 224 g/mol. The highest BCUT2D eigenvalue weighted by Crippen LogP contribution is 2.10. The van der Waals surface area contributed by atoms with E-state index in [1.807, 2.05) is 30.3 Å². The summed E-state index contributed by atoms with van der Waals surface area (Å²) in [6.07, 6.45) is 7.59. The molecule has 1 atom stereocenters. The third-order valence-corrected chi connectivity index (χ3v) is 3.09. The molecule has 1 unspecified atom stereocenters. The number of aliphatic hydroxyl groups excluding tert-OH is 1. The van der Waals surface area contributed by atoms with Crippen molar-refractivity contribution in [2.24, 2.45) is 0 Å². The monoisotopic (exact) mass is 250 g/mol. The standard InChI is InChI=1S/C16H26O2/c1-2-3-4-5-6-10-13-16(17)18-14-15-11-8-7-9-12-15/h7-9,11-12,16-17H,2-6,10,13-14H2,1H3. The highest BCUT2D eigenvalue weighted by atomic mass is 16.6. The van der Waals surface area contributed by atoms with E-state index >= 15 is 0 Å². The molecule has 0 saturated carbocycles. The van der Waals surface area contributed by atoms with Gasteiger partial charge in [-0.1, -0.05) is 69.4 Å². The van der Waals surface area contributed by atoms with Crippen molar-refractivity contribution in [1.29, 1.82) is 0 Å². The van der Waals surface area contributed by atoms with E-state index in [4.69, 9.17) is 4.74 Å². The molecule has 2 nitrogen and oxygen atoms in total. The molecule has 0 heterocycles. The molecule has 0 aliphatic heterocycles. The Morgan fingerprint density at radius 2 is 1.67 bits per heavy atom. The summed E-state index contributed by atoms with van der Waals surface area (Å²) in [7, 11) is 0. The Labute approximate surface area is 111 Å². The van der Waals surface area contributed by atoms with E-state index in [1.165, 1.54) is 32.1 Å². The van der Waals surface area contributed by atoms with E-state index < -0.39 is 6.29 Å². The molecule has 1 N–H and O–H groups in total. The summed E-state index contributed by atoms with van der Waals surface area (Å²) >= 11 is 0. The quantitative estimate of drug-likeness (QED) is 0.496. The van der Waals surface area contributed by atoms with Gasteiger partial charge in [0.2, 0.25) is 0 Å². The van der Waals surface area contributed by atoms with Crippen molar-refractivity contribution in [3.63, 3.8) is 0 Å². The van der Waals surface area contributed by atoms with Crippen LogP contribution in [-0.2, 0) is 11.3 Å². The second kappa shape index (κ2) is 10.1. The summed E-state index contributed by atoms with van der Waals surface area (Å²) in [5.74, 6) is 0. The van der Waals surface area contributed by atoms with Gasteiger partial charge in [0.25, 0.3) is 0 Å². The zero-order valence-corrected chi connectivity index (χ0v) is 11.5. The maximum Gasteiger partial charge on any atom is 0.154 e. The molecule has 0 aliphatic rings. The van der Waals surface area contributed by atoms with Gasteiger partial charge in [-0.15, -0.1) is 0 Å². The van der Waals surface area contributed by atoms with Crippen molar-refractivity contribution in [2.75, 3.05) is 0 Å². The van der Waals surface area contributed by atoms with Crippen molar-refractivity contribution in [3.8, 4) is 0 Å². The van der Waals surface area contributed by atoms with Crippen molar-refractivity contribution < 1.29 is 9.84 Å². The highest BCUT2D eigenvalue weighted by Gasteiger charge is 2.03. The molecule has 18 heavy (non-hydrogen) atoms. The van der Waals surface area contributed by atoms with Gasteiger partial charge in [0.1, 0.15) is 0 Å². The topological polar surface area (TPSA) is 29.5 Å². The lowest BCUT2D eigenvalue weighted by molar-refractivity contribution is -0.112. The smallest absolute Gasteiger partial charge is 0.154 e. The summed E-state index contributed by atoms with van der Waals surface area (Å²) in [5.41, 5.74) is 1.11. The van der Waals surface area contributed by atoms with E-state index in [-0.39, 0.29) is 0 Å². The molecule has 1 rings (SSSR count). The fourth-order valence-corrected chi connectivity index (χ4v) is 1.95. The lowest BCUT2D eigenvalue weighted by Gasteiger charge is -2.11.